The van der Waals surface area contributed by atoms with Gasteiger partial charge in [0.1, 0.15) is 5.70 Å². The molecule has 0 spiro atoms. The fraction of sp³-hybridized carbons (Fsp3) is 0.333. The van der Waals surface area contributed by atoms with Crippen LogP contribution in [0.15, 0.2) is 17.8 Å². The monoisotopic (exact) mass is 324 g/mol. The molecule has 0 aromatic heterocycles. The number of urea groups is 1. The molecule has 0 aliphatic carbocycles. The average Bonchev–Trinajstić information content (AvgIpc) is 2.72. The molecule has 7 heteroatoms. The van der Waals surface area contributed by atoms with Crippen LogP contribution in [-0.2, 0) is 4.79 Å². The third-order valence-electron chi connectivity index (χ3n) is 2.72. The zero-order valence-corrected chi connectivity index (χ0v) is 13.3. The van der Waals surface area contributed by atoms with Crippen LogP contribution in [0.5, 0.6) is 11.5 Å². The van der Waals surface area contributed by atoms with E-state index < -0.39 is 11.9 Å². The summed E-state index contributed by atoms with van der Waals surface area (Å²) in [4.78, 5) is 22.7. The molecule has 1 saturated heterocycles. The quantitative estimate of drug-likeness (QED) is 0.645. The maximum Gasteiger partial charge on any atom is 0.326 e. The fourth-order valence-electron chi connectivity index (χ4n) is 1.93. The lowest BCUT2D eigenvalue weighted by molar-refractivity contribution is -0.115. The summed E-state index contributed by atoms with van der Waals surface area (Å²) in [5.41, 5.74) is 0.776. The Hall–Kier alpha value is -2.21. The van der Waals surface area contributed by atoms with Crippen molar-refractivity contribution in [1.29, 1.82) is 0 Å². The number of benzene rings is 1. The first-order valence-corrected chi connectivity index (χ1v) is 7.25. The zero-order valence-electron chi connectivity index (χ0n) is 12.5. The highest BCUT2D eigenvalue weighted by atomic mass is 35.5. The van der Waals surface area contributed by atoms with E-state index in [0.29, 0.717) is 28.7 Å². The predicted octanol–water partition coefficient (Wildman–Crippen LogP) is 2.71. The van der Waals surface area contributed by atoms with Crippen molar-refractivity contribution < 1.29 is 19.1 Å². The number of imide groups is 1. The molecule has 0 radical (unpaired) electrons. The smallest absolute Gasteiger partial charge is 0.326 e. The van der Waals surface area contributed by atoms with E-state index in [9.17, 15) is 9.59 Å². The first kappa shape index (κ1) is 16.2. The second-order valence-electron chi connectivity index (χ2n) is 4.90. The van der Waals surface area contributed by atoms with Gasteiger partial charge in [-0.25, -0.2) is 4.79 Å². The van der Waals surface area contributed by atoms with Crippen molar-refractivity contribution in [2.24, 2.45) is 0 Å². The van der Waals surface area contributed by atoms with Crippen LogP contribution in [0.25, 0.3) is 6.08 Å². The lowest BCUT2D eigenvalue weighted by Gasteiger charge is -2.16. The molecule has 2 N–H and O–H groups in total. The Morgan fingerprint density at radius 3 is 2.55 bits per heavy atom. The first-order chi connectivity index (χ1) is 10.4. The van der Waals surface area contributed by atoms with Crippen LogP contribution in [0.2, 0.25) is 5.02 Å². The first-order valence-electron chi connectivity index (χ1n) is 6.87. The fourth-order valence-corrected chi connectivity index (χ4v) is 2.20. The molecule has 118 valence electrons. The van der Waals surface area contributed by atoms with Gasteiger partial charge in [-0.05, 0) is 44.5 Å². The minimum absolute atomic E-state index is 0.0548. The zero-order chi connectivity index (χ0) is 16.3. The minimum Gasteiger partial charge on any atom is -0.490 e. The van der Waals surface area contributed by atoms with E-state index in [-0.39, 0.29) is 11.8 Å². The summed E-state index contributed by atoms with van der Waals surface area (Å²) >= 11 is 6.24. The van der Waals surface area contributed by atoms with E-state index >= 15 is 0 Å². The Bertz CT molecular complexity index is 641. The van der Waals surface area contributed by atoms with E-state index in [4.69, 9.17) is 21.1 Å². The molecule has 0 unspecified atom stereocenters. The molecule has 1 fully saturated rings. The van der Waals surface area contributed by atoms with Crippen molar-refractivity contribution in [1.82, 2.24) is 10.6 Å². The van der Waals surface area contributed by atoms with Crippen molar-refractivity contribution >= 4 is 29.6 Å². The van der Waals surface area contributed by atoms with E-state index in [1.807, 2.05) is 20.8 Å². The summed E-state index contributed by atoms with van der Waals surface area (Å²) in [7, 11) is 0. The van der Waals surface area contributed by atoms with Crippen LogP contribution >= 0.6 is 11.6 Å². The highest BCUT2D eigenvalue weighted by Gasteiger charge is 2.23. The second kappa shape index (κ2) is 6.70. The van der Waals surface area contributed by atoms with Crippen molar-refractivity contribution in [3.05, 3.63) is 28.4 Å². The van der Waals surface area contributed by atoms with Crippen LogP contribution in [0, 0.1) is 0 Å². The standard InChI is InChI=1S/C15H17ClN2O4/c1-4-21-12-7-9(5-10(16)13(12)22-8(2)3)6-11-14(19)18-15(20)17-11/h5-8H,4H2,1-3H3,(H2,17,18,19,20). The summed E-state index contributed by atoms with van der Waals surface area (Å²) < 4.78 is 11.2. The maximum absolute atomic E-state index is 11.5. The lowest BCUT2D eigenvalue weighted by atomic mass is 10.1. The van der Waals surface area contributed by atoms with Gasteiger partial charge in [0.05, 0.1) is 17.7 Å². The molecule has 1 aliphatic heterocycles. The van der Waals surface area contributed by atoms with Crippen molar-refractivity contribution in [3.63, 3.8) is 0 Å². The normalized spacial score (nSPS) is 16.0. The van der Waals surface area contributed by atoms with Gasteiger partial charge in [0.15, 0.2) is 11.5 Å². The molecule has 1 heterocycles. The molecular weight excluding hydrogens is 308 g/mol. The Morgan fingerprint density at radius 2 is 2.00 bits per heavy atom. The predicted molar refractivity (Wildman–Crippen MR) is 83.0 cm³/mol. The van der Waals surface area contributed by atoms with E-state index in [1.165, 1.54) is 6.08 Å². The van der Waals surface area contributed by atoms with Crippen molar-refractivity contribution in [2.75, 3.05) is 6.61 Å². The summed E-state index contributed by atoms with van der Waals surface area (Å²) in [5, 5.41) is 4.92. The van der Waals surface area contributed by atoms with E-state index in [2.05, 4.69) is 10.6 Å². The van der Waals surface area contributed by atoms with Crippen LogP contribution in [0.1, 0.15) is 26.3 Å². The lowest BCUT2D eigenvalue weighted by Crippen LogP contribution is -2.22. The number of ether oxygens (including phenoxy) is 2. The van der Waals surface area contributed by atoms with Gasteiger partial charge in [-0.15, -0.1) is 0 Å². The Kier molecular flexibility index (Phi) is 4.92. The summed E-state index contributed by atoms with van der Waals surface area (Å²) in [6, 6.07) is 2.80. The van der Waals surface area contributed by atoms with E-state index in [0.717, 1.165) is 0 Å². The highest BCUT2D eigenvalue weighted by Crippen LogP contribution is 2.38. The molecule has 6 nitrogen and oxygen atoms in total. The number of carbonyl (C=O) groups is 2. The third kappa shape index (κ3) is 3.71. The maximum atomic E-state index is 11.5. The Balaban J connectivity index is 2.40. The van der Waals surface area contributed by atoms with E-state index in [1.54, 1.807) is 12.1 Å². The molecule has 3 amide bonds. The number of hydrogen-bond donors (Lipinski definition) is 2. The minimum atomic E-state index is -0.549. The van der Waals surface area contributed by atoms with Crippen molar-refractivity contribution in [2.45, 2.75) is 26.9 Å². The Morgan fingerprint density at radius 1 is 1.27 bits per heavy atom. The van der Waals surface area contributed by atoms with Crippen LogP contribution in [0.3, 0.4) is 0 Å². The molecule has 22 heavy (non-hydrogen) atoms. The summed E-state index contributed by atoms with van der Waals surface area (Å²) in [6.45, 7) is 6.07. The summed E-state index contributed by atoms with van der Waals surface area (Å²) in [5.74, 6) is 0.461. The number of halogens is 1. The second-order valence-corrected chi connectivity index (χ2v) is 5.30. The van der Waals surface area contributed by atoms with Crippen LogP contribution < -0.4 is 20.1 Å². The van der Waals surface area contributed by atoms with Gasteiger partial charge in [-0.3, -0.25) is 10.1 Å². The van der Waals surface area contributed by atoms with Gasteiger partial charge in [0.2, 0.25) is 0 Å². The van der Waals surface area contributed by atoms with Gasteiger partial charge in [-0.1, -0.05) is 11.6 Å². The molecule has 1 aliphatic rings. The topological polar surface area (TPSA) is 76.7 Å². The van der Waals surface area contributed by atoms with Gasteiger partial charge >= 0.3 is 6.03 Å². The average molecular weight is 325 g/mol. The van der Waals surface area contributed by atoms with Crippen LogP contribution in [0.4, 0.5) is 4.79 Å². The molecular formula is C15H17ClN2O4. The number of carbonyl (C=O) groups excluding carboxylic acids is 2. The number of amides is 3. The highest BCUT2D eigenvalue weighted by molar-refractivity contribution is 6.32. The third-order valence-corrected chi connectivity index (χ3v) is 3.00. The molecule has 0 atom stereocenters. The number of hydrogen-bond acceptors (Lipinski definition) is 4. The molecule has 1 aromatic carbocycles. The summed E-state index contributed by atoms with van der Waals surface area (Å²) in [6.07, 6.45) is 1.47. The van der Waals surface area contributed by atoms with Crippen LogP contribution in [-0.4, -0.2) is 24.6 Å². The van der Waals surface area contributed by atoms with Gasteiger partial charge in [0, 0.05) is 0 Å². The SMILES string of the molecule is CCOc1cc(C=C2NC(=O)NC2=O)cc(Cl)c1OC(C)C. The Labute approximate surface area is 133 Å². The largest absolute Gasteiger partial charge is 0.490 e. The number of rotatable bonds is 5. The molecule has 0 saturated carbocycles. The van der Waals surface area contributed by atoms with Crippen molar-refractivity contribution in [3.8, 4) is 11.5 Å². The van der Waals surface area contributed by atoms with Gasteiger partial charge in [0.25, 0.3) is 5.91 Å². The number of nitrogens with one attached hydrogen (secondary N) is 2. The molecule has 0 bridgehead atoms. The van der Waals surface area contributed by atoms with Gasteiger partial charge in [-0.2, -0.15) is 0 Å². The molecule has 2 rings (SSSR count). The van der Waals surface area contributed by atoms with Gasteiger partial charge < -0.3 is 14.8 Å². The molecule has 1 aromatic rings.